The number of hydrogen-bond donors (Lipinski definition) is 2. The summed E-state index contributed by atoms with van der Waals surface area (Å²) in [5.41, 5.74) is 3.72. The van der Waals surface area contributed by atoms with E-state index in [2.05, 4.69) is 46.7 Å². The van der Waals surface area contributed by atoms with Gasteiger partial charge in [-0.2, -0.15) is 15.2 Å². The van der Waals surface area contributed by atoms with Crippen LogP contribution in [0.15, 0.2) is 36.4 Å². The molecule has 0 spiro atoms. The molecule has 3 aromatic rings. The molecule has 7 rings (SSSR count). The molecule has 3 heterocycles. The number of aromatic nitrogens is 4. The Labute approximate surface area is 255 Å². The van der Waals surface area contributed by atoms with Crippen molar-refractivity contribution in [2.24, 2.45) is 17.3 Å². The Hall–Kier alpha value is -4.61. The van der Waals surface area contributed by atoms with Crippen molar-refractivity contribution in [2.75, 3.05) is 10.3 Å². The van der Waals surface area contributed by atoms with Gasteiger partial charge in [0.1, 0.15) is 0 Å². The van der Waals surface area contributed by atoms with Crippen molar-refractivity contribution in [3.05, 3.63) is 64.2 Å². The third kappa shape index (κ3) is 4.91. The van der Waals surface area contributed by atoms with Crippen LogP contribution in [0.1, 0.15) is 101 Å². The Morgan fingerprint density at radius 2 is 1.70 bits per heavy atom. The highest BCUT2D eigenvalue weighted by Crippen LogP contribution is 2.46. The fraction of sp³-hybridized carbons (Fsp3) is 0.469. The van der Waals surface area contributed by atoms with Crippen LogP contribution in [-0.4, -0.2) is 60.3 Å². The fourth-order valence-electron chi connectivity index (χ4n) is 6.94. The lowest BCUT2D eigenvalue weighted by molar-refractivity contribution is 0.0603. The molecule has 2 saturated carbocycles. The summed E-state index contributed by atoms with van der Waals surface area (Å²) in [5.74, 6) is -0.130. The highest BCUT2D eigenvalue weighted by atomic mass is 16.2. The second-order valence-corrected chi connectivity index (χ2v) is 13.5. The van der Waals surface area contributed by atoms with Crippen molar-refractivity contribution >= 4 is 35.4 Å². The molecule has 1 aromatic heterocycles. The van der Waals surface area contributed by atoms with Gasteiger partial charge in [-0.15, -0.1) is 5.10 Å². The van der Waals surface area contributed by atoms with Gasteiger partial charge in [0, 0.05) is 18.2 Å². The normalized spacial score (nSPS) is 20.8. The van der Waals surface area contributed by atoms with Gasteiger partial charge in [0.2, 0.25) is 0 Å². The Bertz CT molecular complexity index is 1630. The molecule has 2 fully saturated rings. The standard InChI is InChI=1S/C32H36N8O4/c1-32(2,3)21-10-12-22(13-11-21)38(17-19-6-8-20(9-7-19)27(41)33-30-34-36-37-35-30)31(44)39-25-15-14-23-26(24(25)16-18-4-5-18)29(43)40(39)28(23)42/h6-9,14-15,18,21-22H,4-5,10-13,16-17H2,1-3H3,(H2,33,34,35,36,37,41). The summed E-state index contributed by atoms with van der Waals surface area (Å²) in [6, 6.07) is 10.1. The first kappa shape index (κ1) is 28.2. The molecular formula is C32H36N8O4. The van der Waals surface area contributed by atoms with Crippen LogP contribution in [0.25, 0.3) is 0 Å². The smallest absolute Gasteiger partial charge is 0.316 e. The van der Waals surface area contributed by atoms with Gasteiger partial charge in [-0.25, -0.2) is 4.79 Å². The number of nitrogens with one attached hydrogen (secondary N) is 2. The van der Waals surface area contributed by atoms with Crippen LogP contribution in [-0.2, 0) is 13.0 Å². The Morgan fingerprint density at radius 3 is 2.34 bits per heavy atom. The van der Waals surface area contributed by atoms with Gasteiger partial charge in [-0.05, 0) is 103 Å². The number of hydrazine groups is 1. The first-order chi connectivity index (χ1) is 21.1. The van der Waals surface area contributed by atoms with Gasteiger partial charge in [0.15, 0.2) is 0 Å². The number of carbonyl (C=O) groups excluding carboxylic acids is 4. The lowest BCUT2D eigenvalue weighted by atomic mass is 9.71. The van der Waals surface area contributed by atoms with Gasteiger partial charge < -0.3 is 4.90 Å². The molecule has 4 aliphatic rings. The number of carbonyl (C=O) groups is 4. The molecule has 2 aliphatic heterocycles. The number of H-pyrrole nitrogens is 1. The number of anilines is 2. The predicted molar refractivity (Wildman–Crippen MR) is 161 cm³/mol. The topological polar surface area (TPSA) is 144 Å². The molecule has 2 aliphatic carbocycles. The summed E-state index contributed by atoms with van der Waals surface area (Å²) in [6.45, 7) is 7.06. The van der Waals surface area contributed by atoms with Gasteiger partial charge in [-0.3, -0.25) is 19.7 Å². The van der Waals surface area contributed by atoms with E-state index in [0.717, 1.165) is 54.7 Å². The number of imide groups is 1. The number of nitrogens with zero attached hydrogens (tertiary/aromatic N) is 6. The molecular weight excluding hydrogens is 560 g/mol. The number of tetrazole rings is 1. The summed E-state index contributed by atoms with van der Waals surface area (Å²) in [4.78, 5) is 56.2. The van der Waals surface area contributed by atoms with Crippen LogP contribution in [0, 0.1) is 17.3 Å². The van der Waals surface area contributed by atoms with Crippen LogP contribution < -0.4 is 10.3 Å². The van der Waals surface area contributed by atoms with E-state index in [1.54, 1.807) is 18.2 Å². The zero-order chi connectivity index (χ0) is 30.7. The number of benzene rings is 2. The summed E-state index contributed by atoms with van der Waals surface area (Å²) < 4.78 is 0. The molecule has 0 saturated heterocycles. The number of urea groups is 1. The maximum atomic E-state index is 14.7. The van der Waals surface area contributed by atoms with E-state index >= 15 is 0 Å². The summed E-state index contributed by atoms with van der Waals surface area (Å²) in [6.07, 6.45) is 6.50. The molecule has 3 bridgehead atoms. The van der Waals surface area contributed by atoms with Gasteiger partial charge in [0.25, 0.3) is 23.7 Å². The fourth-order valence-corrected chi connectivity index (χ4v) is 6.94. The summed E-state index contributed by atoms with van der Waals surface area (Å²) in [5, 5.41) is 18.2. The minimum absolute atomic E-state index is 0.0678. The molecule has 5 amide bonds. The predicted octanol–water partition coefficient (Wildman–Crippen LogP) is 4.96. The highest BCUT2D eigenvalue weighted by Gasteiger charge is 2.51. The van der Waals surface area contributed by atoms with E-state index in [9.17, 15) is 19.2 Å². The molecule has 2 aromatic carbocycles. The maximum absolute atomic E-state index is 14.7. The van der Waals surface area contributed by atoms with E-state index in [-0.39, 0.29) is 35.9 Å². The largest absolute Gasteiger partial charge is 0.344 e. The van der Waals surface area contributed by atoms with Crippen molar-refractivity contribution in [3.63, 3.8) is 0 Å². The zero-order valence-electron chi connectivity index (χ0n) is 25.2. The quantitative estimate of drug-likeness (QED) is 0.367. The molecule has 12 heteroatoms. The average molecular weight is 597 g/mol. The number of rotatable bonds is 7. The van der Waals surface area contributed by atoms with Crippen LogP contribution in [0.2, 0.25) is 0 Å². The van der Waals surface area contributed by atoms with Crippen LogP contribution in [0.4, 0.5) is 16.4 Å². The van der Waals surface area contributed by atoms with Gasteiger partial charge in [-0.1, -0.05) is 38.0 Å². The number of hydrogen-bond acceptors (Lipinski definition) is 7. The SMILES string of the molecule is CC(C)(C)C1CCC(N(Cc2ccc(C(=O)Nc3nn[nH]n3)cc2)C(=O)N2c3ccc4c(c3CC3CC3)C(=O)N2C4=O)CC1. The molecule has 12 nitrogen and oxygen atoms in total. The number of aromatic amines is 1. The minimum Gasteiger partial charge on any atom is -0.316 e. The Kier molecular flexibility index (Phi) is 6.74. The second-order valence-electron chi connectivity index (χ2n) is 13.5. The van der Waals surface area contributed by atoms with Gasteiger partial charge in [0.05, 0.1) is 16.8 Å². The monoisotopic (exact) mass is 596 g/mol. The van der Waals surface area contributed by atoms with Crippen molar-refractivity contribution < 1.29 is 19.2 Å². The third-order valence-electron chi connectivity index (χ3n) is 9.66. The van der Waals surface area contributed by atoms with Crippen molar-refractivity contribution in [1.82, 2.24) is 30.5 Å². The maximum Gasteiger partial charge on any atom is 0.344 e. The Balaban J connectivity index is 1.18. The number of fused-ring (bicyclic) bond motifs is 2. The van der Waals surface area contributed by atoms with E-state index in [1.165, 1.54) is 5.01 Å². The second kappa shape index (κ2) is 10.5. The molecule has 0 atom stereocenters. The lowest BCUT2D eigenvalue weighted by Crippen LogP contribution is -2.58. The third-order valence-corrected chi connectivity index (χ3v) is 9.66. The zero-order valence-corrected chi connectivity index (χ0v) is 25.2. The van der Waals surface area contributed by atoms with Crippen LogP contribution in [0.5, 0.6) is 0 Å². The molecule has 0 radical (unpaired) electrons. The van der Waals surface area contributed by atoms with E-state index in [4.69, 9.17) is 0 Å². The lowest BCUT2D eigenvalue weighted by Gasteiger charge is -2.44. The van der Waals surface area contributed by atoms with Crippen LogP contribution >= 0.6 is 0 Å². The first-order valence-corrected chi connectivity index (χ1v) is 15.4. The van der Waals surface area contributed by atoms with Gasteiger partial charge >= 0.3 is 6.03 Å². The van der Waals surface area contributed by atoms with Crippen LogP contribution in [0.3, 0.4) is 0 Å². The van der Waals surface area contributed by atoms with Crippen molar-refractivity contribution in [3.8, 4) is 0 Å². The molecule has 44 heavy (non-hydrogen) atoms. The number of amides is 5. The molecule has 0 unspecified atom stereocenters. The van der Waals surface area contributed by atoms with E-state index < -0.39 is 11.8 Å². The molecule has 228 valence electrons. The summed E-state index contributed by atoms with van der Waals surface area (Å²) >= 11 is 0. The van der Waals surface area contributed by atoms with E-state index in [0.29, 0.717) is 40.6 Å². The Morgan fingerprint density at radius 1 is 0.977 bits per heavy atom. The van der Waals surface area contributed by atoms with Crippen molar-refractivity contribution in [1.29, 1.82) is 0 Å². The van der Waals surface area contributed by atoms with Crippen molar-refractivity contribution in [2.45, 2.75) is 78.3 Å². The van der Waals surface area contributed by atoms with E-state index in [1.807, 2.05) is 23.1 Å². The summed E-state index contributed by atoms with van der Waals surface area (Å²) in [7, 11) is 0. The molecule has 2 N–H and O–H groups in total. The first-order valence-electron chi connectivity index (χ1n) is 15.4. The highest BCUT2D eigenvalue weighted by molar-refractivity contribution is 6.27. The average Bonchev–Trinajstić information content (AvgIpc) is 3.66. The minimum atomic E-state index is -0.441.